The number of hydrogen-bond donors (Lipinski definition) is 1. The predicted octanol–water partition coefficient (Wildman–Crippen LogP) is 2.28. The number of ether oxygens (including phenoxy) is 3. The van der Waals surface area contributed by atoms with Gasteiger partial charge in [-0.2, -0.15) is 0 Å². The summed E-state index contributed by atoms with van der Waals surface area (Å²) in [5, 5.41) is 0. The molecule has 0 aromatic heterocycles. The van der Waals surface area contributed by atoms with Crippen molar-refractivity contribution < 1.29 is 27.4 Å². The number of methoxy groups -OCH3 is 1. The molecule has 8 heteroatoms. The highest BCUT2D eigenvalue weighted by Gasteiger charge is 2.21. The normalized spacial score (nSPS) is 14.5. The van der Waals surface area contributed by atoms with Crippen molar-refractivity contribution in [3.8, 4) is 11.5 Å². The van der Waals surface area contributed by atoms with Crippen LogP contribution < -0.4 is 14.2 Å². The van der Waals surface area contributed by atoms with Crippen LogP contribution in [0.5, 0.6) is 11.5 Å². The van der Waals surface area contributed by atoms with E-state index < -0.39 is 22.0 Å². The summed E-state index contributed by atoms with van der Waals surface area (Å²) in [6.45, 7) is 2.70. The number of benzene rings is 2. The van der Waals surface area contributed by atoms with Crippen molar-refractivity contribution in [2.45, 2.75) is 17.9 Å². The van der Waals surface area contributed by atoms with Crippen LogP contribution in [0.25, 0.3) is 0 Å². The van der Waals surface area contributed by atoms with Crippen LogP contribution in [0.3, 0.4) is 0 Å². The number of sulfonamides is 1. The molecule has 2 aromatic carbocycles. The number of fused-ring (bicyclic) bond motifs is 1. The van der Waals surface area contributed by atoms with Crippen molar-refractivity contribution >= 4 is 16.0 Å². The number of esters is 1. The van der Waals surface area contributed by atoms with Crippen molar-refractivity contribution in [1.82, 2.24) is 4.72 Å². The molecule has 0 spiro atoms. The van der Waals surface area contributed by atoms with Crippen LogP contribution in [-0.2, 0) is 14.8 Å². The van der Waals surface area contributed by atoms with Crippen molar-refractivity contribution in [3.05, 3.63) is 53.6 Å². The molecule has 0 radical (unpaired) electrons. The average Bonchev–Trinajstić information content (AvgIpc) is 2.66. The minimum Gasteiger partial charge on any atom is -0.486 e. The Balaban J connectivity index is 1.77. The van der Waals surface area contributed by atoms with E-state index in [1.807, 2.05) is 0 Å². The SMILES string of the molecule is COC(=O)c1ccc(S(=O)(=O)N[C@@H](C)c2ccc3c(c2)OCCO3)cc1. The molecule has 1 aliphatic heterocycles. The molecule has 2 aromatic rings. The summed E-state index contributed by atoms with van der Waals surface area (Å²) in [6.07, 6.45) is 0. The number of carbonyl (C=O) groups is 1. The Bertz CT molecular complexity index is 908. The lowest BCUT2D eigenvalue weighted by Gasteiger charge is -2.21. The van der Waals surface area contributed by atoms with Gasteiger partial charge in [-0.05, 0) is 48.9 Å². The molecular weight excluding hydrogens is 358 g/mol. The quantitative estimate of drug-likeness (QED) is 0.804. The Morgan fingerprint density at radius 1 is 1.08 bits per heavy atom. The Kier molecular flexibility index (Phi) is 5.15. The Morgan fingerprint density at radius 3 is 2.38 bits per heavy atom. The van der Waals surface area contributed by atoms with E-state index in [2.05, 4.69) is 9.46 Å². The molecule has 0 saturated carbocycles. The molecule has 0 amide bonds. The molecule has 1 atom stereocenters. The number of rotatable bonds is 5. The van der Waals surface area contributed by atoms with Crippen LogP contribution in [0, 0.1) is 0 Å². The van der Waals surface area contributed by atoms with Gasteiger partial charge in [0, 0.05) is 6.04 Å². The summed E-state index contributed by atoms with van der Waals surface area (Å²) in [4.78, 5) is 11.5. The van der Waals surface area contributed by atoms with Crippen molar-refractivity contribution in [2.24, 2.45) is 0 Å². The Labute approximate surface area is 151 Å². The van der Waals surface area contributed by atoms with Gasteiger partial charge in [0.1, 0.15) is 13.2 Å². The lowest BCUT2D eigenvalue weighted by Crippen LogP contribution is -2.27. The van der Waals surface area contributed by atoms with Gasteiger partial charge in [0.05, 0.1) is 17.6 Å². The van der Waals surface area contributed by atoms with Crippen LogP contribution in [0.15, 0.2) is 47.4 Å². The summed E-state index contributed by atoms with van der Waals surface area (Å²) >= 11 is 0. The monoisotopic (exact) mass is 377 g/mol. The van der Waals surface area contributed by atoms with E-state index >= 15 is 0 Å². The molecular formula is C18H19NO6S. The average molecular weight is 377 g/mol. The van der Waals surface area contributed by atoms with Crippen LogP contribution in [-0.4, -0.2) is 34.7 Å². The second kappa shape index (κ2) is 7.35. The first-order valence-electron chi connectivity index (χ1n) is 8.01. The summed E-state index contributed by atoms with van der Waals surface area (Å²) in [6, 6.07) is 10.4. The van der Waals surface area contributed by atoms with Gasteiger partial charge in [0.15, 0.2) is 11.5 Å². The van der Waals surface area contributed by atoms with Gasteiger partial charge in [-0.15, -0.1) is 0 Å². The Morgan fingerprint density at radius 2 is 1.73 bits per heavy atom. The third-order valence-electron chi connectivity index (χ3n) is 3.98. The molecule has 0 bridgehead atoms. The van der Waals surface area contributed by atoms with Crippen LogP contribution >= 0.6 is 0 Å². The molecule has 1 heterocycles. The van der Waals surface area contributed by atoms with Crippen molar-refractivity contribution in [2.75, 3.05) is 20.3 Å². The number of carbonyl (C=O) groups excluding carboxylic acids is 1. The maximum Gasteiger partial charge on any atom is 0.337 e. The molecule has 1 aliphatic rings. The molecule has 7 nitrogen and oxygen atoms in total. The van der Waals surface area contributed by atoms with E-state index in [1.165, 1.54) is 31.4 Å². The summed E-state index contributed by atoms with van der Waals surface area (Å²) < 4.78 is 43.4. The van der Waals surface area contributed by atoms with Crippen molar-refractivity contribution in [1.29, 1.82) is 0 Å². The Hall–Kier alpha value is -2.58. The van der Waals surface area contributed by atoms with E-state index in [-0.39, 0.29) is 10.5 Å². The van der Waals surface area contributed by atoms with Gasteiger partial charge in [0.25, 0.3) is 0 Å². The van der Waals surface area contributed by atoms with Crippen LogP contribution in [0.4, 0.5) is 0 Å². The highest BCUT2D eigenvalue weighted by Crippen LogP contribution is 2.32. The van der Waals surface area contributed by atoms with E-state index in [9.17, 15) is 13.2 Å². The van der Waals surface area contributed by atoms with Crippen molar-refractivity contribution in [3.63, 3.8) is 0 Å². The van der Waals surface area contributed by atoms with Gasteiger partial charge in [0.2, 0.25) is 10.0 Å². The summed E-state index contributed by atoms with van der Waals surface area (Å²) in [5.41, 5.74) is 1.04. The van der Waals surface area contributed by atoms with E-state index in [1.54, 1.807) is 25.1 Å². The number of hydrogen-bond acceptors (Lipinski definition) is 6. The fourth-order valence-corrected chi connectivity index (χ4v) is 3.82. The third kappa shape index (κ3) is 3.81. The standard InChI is InChI=1S/C18H19NO6S/c1-12(14-5-8-16-17(11-14)25-10-9-24-16)19-26(21,22)15-6-3-13(4-7-15)18(20)23-2/h3-8,11-12,19H,9-10H2,1-2H3/t12-/m0/s1. The second-order valence-corrected chi connectivity index (χ2v) is 7.48. The first-order valence-corrected chi connectivity index (χ1v) is 9.49. The molecule has 138 valence electrons. The highest BCUT2D eigenvalue weighted by atomic mass is 32.2. The predicted molar refractivity (Wildman–Crippen MR) is 94.0 cm³/mol. The molecule has 0 saturated heterocycles. The minimum atomic E-state index is -3.75. The van der Waals surface area contributed by atoms with Gasteiger partial charge < -0.3 is 14.2 Å². The first-order chi connectivity index (χ1) is 12.4. The minimum absolute atomic E-state index is 0.0644. The van der Waals surface area contributed by atoms with Gasteiger partial charge >= 0.3 is 5.97 Å². The summed E-state index contributed by atoms with van der Waals surface area (Å²) in [5.74, 6) is 0.724. The molecule has 0 unspecified atom stereocenters. The first kappa shape index (κ1) is 18.2. The second-order valence-electron chi connectivity index (χ2n) is 5.76. The van der Waals surface area contributed by atoms with Gasteiger partial charge in [-0.1, -0.05) is 6.07 Å². The van der Waals surface area contributed by atoms with E-state index in [0.29, 0.717) is 24.7 Å². The third-order valence-corrected chi connectivity index (χ3v) is 5.54. The molecule has 26 heavy (non-hydrogen) atoms. The van der Waals surface area contributed by atoms with E-state index in [4.69, 9.17) is 9.47 Å². The summed E-state index contributed by atoms with van der Waals surface area (Å²) in [7, 11) is -2.48. The molecule has 3 rings (SSSR count). The fraction of sp³-hybridized carbons (Fsp3) is 0.278. The smallest absolute Gasteiger partial charge is 0.337 e. The fourth-order valence-electron chi connectivity index (χ4n) is 2.59. The van der Waals surface area contributed by atoms with Crippen LogP contribution in [0.2, 0.25) is 0 Å². The lowest BCUT2D eigenvalue weighted by atomic mass is 10.1. The highest BCUT2D eigenvalue weighted by molar-refractivity contribution is 7.89. The molecule has 1 N–H and O–H groups in total. The molecule has 0 fully saturated rings. The lowest BCUT2D eigenvalue weighted by molar-refractivity contribution is 0.0600. The number of nitrogens with one attached hydrogen (secondary N) is 1. The van der Waals surface area contributed by atoms with Crippen LogP contribution in [0.1, 0.15) is 28.9 Å². The maximum atomic E-state index is 12.6. The maximum absolute atomic E-state index is 12.6. The molecule has 0 aliphatic carbocycles. The van der Waals surface area contributed by atoms with Gasteiger partial charge in [-0.25, -0.2) is 17.9 Å². The zero-order valence-electron chi connectivity index (χ0n) is 14.4. The zero-order chi connectivity index (χ0) is 18.7. The largest absolute Gasteiger partial charge is 0.486 e. The van der Waals surface area contributed by atoms with E-state index in [0.717, 1.165) is 5.56 Å². The van der Waals surface area contributed by atoms with Gasteiger partial charge in [-0.3, -0.25) is 0 Å². The zero-order valence-corrected chi connectivity index (χ0v) is 15.2. The topological polar surface area (TPSA) is 90.9 Å².